The lowest BCUT2D eigenvalue weighted by atomic mass is 10.1. The first-order valence-corrected chi connectivity index (χ1v) is 28.7. The minimum atomic E-state index is -0.908. The van der Waals surface area contributed by atoms with E-state index in [2.05, 4.69) is 92.3 Å². The highest BCUT2D eigenvalue weighted by Crippen LogP contribution is 2.33. The number of hydrogen-bond donors (Lipinski definition) is 5. The largest absolute Gasteiger partial charge is 0.379 e. The average molecular weight is 1100 g/mol. The molecular weight excluding hydrogens is 1020 g/mol. The zero-order valence-electron chi connectivity index (χ0n) is 46.1. The maximum Gasteiger partial charge on any atom is 0.312 e. The van der Waals surface area contributed by atoms with Crippen molar-refractivity contribution >= 4 is 62.7 Å². The minimum absolute atomic E-state index is 0.0113. The Hall–Kier alpha value is -6.01. The van der Waals surface area contributed by atoms with Gasteiger partial charge in [-0.05, 0) is 74.1 Å². The van der Waals surface area contributed by atoms with Gasteiger partial charge in [0.1, 0.15) is 16.9 Å². The van der Waals surface area contributed by atoms with Crippen molar-refractivity contribution in [2.75, 3.05) is 148 Å². The van der Waals surface area contributed by atoms with Crippen molar-refractivity contribution in [3.63, 3.8) is 0 Å². The lowest BCUT2D eigenvalue weighted by molar-refractivity contribution is -0.134. The van der Waals surface area contributed by atoms with E-state index in [9.17, 15) is 24.0 Å². The molecule has 6 amide bonds. The number of carbonyl (C=O) groups excluding carboxylic acids is 5. The Balaban J connectivity index is 0.00000320. The van der Waals surface area contributed by atoms with Crippen LogP contribution in [-0.4, -0.2) is 198 Å². The molecule has 0 bridgehead atoms. The number of pyridine rings is 1. The molecule has 3 saturated heterocycles. The summed E-state index contributed by atoms with van der Waals surface area (Å²) in [7, 11) is 0. The Labute approximate surface area is 464 Å². The number of piperazine rings is 2. The zero-order chi connectivity index (χ0) is 55.3. The summed E-state index contributed by atoms with van der Waals surface area (Å²) >= 11 is 1.71. The smallest absolute Gasteiger partial charge is 0.312 e. The van der Waals surface area contributed by atoms with E-state index < -0.39 is 18.0 Å². The van der Waals surface area contributed by atoms with Gasteiger partial charge in [0.25, 0.3) is 0 Å². The molecule has 0 radical (unpaired) electrons. The molecule has 78 heavy (non-hydrogen) atoms. The Kier molecular flexibility index (Phi) is 26.8. The number of thiazole rings is 1. The summed E-state index contributed by atoms with van der Waals surface area (Å²) in [5, 5.41) is 11.8. The number of benzene rings is 2. The van der Waals surface area contributed by atoms with E-state index >= 15 is 0 Å². The number of hydrogen-bond acceptors (Lipinski definition) is 16. The number of ether oxygens (including phenoxy) is 4. The minimum Gasteiger partial charge on any atom is -0.379 e. The standard InChI is InChI=1S/C53H76N12O9S.C3H8/c1-2-71-28-29-73-32-33-74-31-30-72-27-15-50(68)65-25-21-62(22-26-65)39-49(67)57-37-48(66)59-45(6-5-16-55-53(54)70)51(69)58-35-40-7-9-41(10-8-40)38-61-19-23-63(24-20-61)43-12-13-44-46(34-43)75-52(60-44)42-11-14-47(56-36-42)64-17-3-4-18-64;1-3-2/h7-14,34,36,45H,2-6,15-33,35,37-39H2,1H3,(H,57,67)(H,58,69)(H,59,66)(H3,54,55,70);3H2,1-2H3. The van der Waals surface area contributed by atoms with Crippen molar-refractivity contribution in [2.24, 2.45) is 5.73 Å². The molecule has 7 rings (SSSR count). The van der Waals surface area contributed by atoms with E-state index in [4.69, 9.17) is 34.6 Å². The average Bonchev–Trinajstić information content (AvgIpc) is 4.18. The molecule has 21 nitrogen and oxygen atoms in total. The fourth-order valence-corrected chi connectivity index (χ4v) is 10.1. The molecule has 6 N–H and O–H groups in total. The van der Waals surface area contributed by atoms with Gasteiger partial charge in [-0.25, -0.2) is 14.8 Å². The molecule has 2 aromatic carbocycles. The maximum atomic E-state index is 13.5. The summed E-state index contributed by atoms with van der Waals surface area (Å²) < 4.78 is 22.8. The van der Waals surface area contributed by atoms with Gasteiger partial charge in [-0.1, -0.05) is 44.5 Å². The van der Waals surface area contributed by atoms with Gasteiger partial charge in [0, 0.05) is 109 Å². The van der Waals surface area contributed by atoms with E-state index in [-0.39, 0.29) is 56.7 Å². The van der Waals surface area contributed by atoms with Gasteiger partial charge >= 0.3 is 6.03 Å². The van der Waals surface area contributed by atoms with Gasteiger partial charge in [0.15, 0.2) is 0 Å². The number of anilines is 2. The molecule has 0 spiro atoms. The van der Waals surface area contributed by atoms with Crippen molar-refractivity contribution in [1.29, 1.82) is 0 Å². The summed E-state index contributed by atoms with van der Waals surface area (Å²) in [5.74, 6) is -0.222. The van der Waals surface area contributed by atoms with Crippen LogP contribution in [0.15, 0.2) is 60.8 Å². The lowest BCUT2D eigenvalue weighted by Gasteiger charge is -2.36. The maximum absolute atomic E-state index is 13.5. The van der Waals surface area contributed by atoms with Crippen LogP contribution < -0.4 is 36.8 Å². The van der Waals surface area contributed by atoms with Crippen LogP contribution in [0.4, 0.5) is 16.3 Å². The van der Waals surface area contributed by atoms with Gasteiger partial charge in [-0.3, -0.25) is 29.0 Å². The van der Waals surface area contributed by atoms with Crippen LogP contribution in [0.3, 0.4) is 0 Å². The number of fused-ring (bicyclic) bond motifs is 1. The van der Waals surface area contributed by atoms with Crippen LogP contribution >= 0.6 is 11.3 Å². The number of nitrogens with zero attached hydrogens (tertiary/aromatic N) is 7. The van der Waals surface area contributed by atoms with Gasteiger partial charge in [-0.15, -0.1) is 11.3 Å². The molecule has 0 saturated carbocycles. The molecule has 4 aromatic rings. The van der Waals surface area contributed by atoms with Gasteiger partial charge in [-0.2, -0.15) is 0 Å². The number of primary amides is 1. The molecule has 1 atom stereocenters. The molecule has 0 aliphatic carbocycles. The summed E-state index contributed by atoms with van der Waals surface area (Å²) in [6.45, 7) is 18.8. The fraction of sp³-hybridized carbons (Fsp3) is 0.589. The number of nitrogens with two attached hydrogens (primary N) is 1. The highest BCUT2D eigenvalue weighted by atomic mass is 32.1. The first-order valence-electron chi connectivity index (χ1n) is 27.9. The molecule has 3 aliphatic heterocycles. The van der Waals surface area contributed by atoms with Gasteiger partial charge in [0.05, 0.1) is 76.0 Å². The van der Waals surface area contributed by atoms with E-state index in [1.54, 1.807) is 16.2 Å². The van der Waals surface area contributed by atoms with Crippen molar-refractivity contribution in [2.45, 2.75) is 78.4 Å². The van der Waals surface area contributed by atoms with E-state index in [0.717, 1.165) is 73.3 Å². The zero-order valence-corrected chi connectivity index (χ0v) is 47.0. The summed E-state index contributed by atoms with van der Waals surface area (Å²) in [6, 6.07) is 17.4. The summed E-state index contributed by atoms with van der Waals surface area (Å²) in [5.41, 5.74) is 10.6. The normalized spacial score (nSPS) is 15.4. The van der Waals surface area contributed by atoms with Crippen LogP contribution in [-0.2, 0) is 51.2 Å². The van der Waals surface area contributed by atoms with Crippen LogP contribution in [0.2, 0.25) is 0 Å². The highest BCUT2D eigenvalue weighted by Gasteiger charge is 2.25. The number of carbonyl (C=O) groups is 5. The number of nitrogens with one attached hydrogen (secondary N) is 4. The third kappa shape index (κ3) is 21.3. The predicted octanol–water partition coefficient (Wildman–Crippen LogP) is 3.98. The summed E-state index contributed by atoms with van der Waals surface area (Å²) in [4.78, 5) is 83.9. The number of rotatable bonds is 30. The Bertz CT molecular complexity index is 2430. The van der Waals surface area contributed by atoms with Gasteiger partial charge < -0.3 is 60.6 Å². The molecular formula is C56H84N12O9S. The quantitative estimate of drug-likeness (QED) is 0.0465. The van der Waals surface area contributed by atoms with Crippen LogP contribution in [0.5, 0.6) is 0 Å². The van der Waals surface area contributed by atoms with Crippen LogP contribution in [0, 0.1) is 0 Å². The second kappa shape index (κ2) is 34.1. The lowest BCUT2D eigenvalue weighted by Crippen LogP contribution is -2.52. The monoisotopic (exact) mass is 1100 g/mol. The van der Waals surface area contributed by atoms with Crippen LogP contribution in [0.1, 0.15) is 70.4 Å². The van der Waals surface area contributed by atoms with E-state index in [1.165, 1.54) is 35.2 Å². The SMILES string of the molecule is CCC.CCOCCOCCOCCOCCC(=O)N1CCN(CC(=O)NCC(=O)NC(CCCNC(N)=O)C(=O)NCc2ccc(CN3CCN(c4ccc5nc(-c6ccc(N7CCCC7)nc6)sc5c4)CC3)cc2)CC1. The second-order valence-electron chi connectivity index (χ2n) is 19.5. The third-order valence-corrected chi connectivity index (χ3v) is 14.4. The van der Waals surface area contributed by atoms with E-state index in [1.807, 2.05) is 30.2 Å². The number of aromatic nitrogens is 2. The molecule has 22 heteroatoms. The first kappa shape index (κ1) is 61.2. The molecule has 3 aliphatic rings. The van der Waals surface area contributed by atoms with Gasteiger partial charge in [0.2, 0.25) is 23.6 Å². The Morgan fingerprint density at radius 1 is 0.692 bits per heavy atom. The van der Waals surface area contributed by atoms with Crippen LogP contribution in [0.25, 0.3) is 20.8 Å². The number of urea groups is 1. The van der Waals surface area contributed by atoms with Crippen molar-refractivity contribution in [1.82, 2.24) is 45.9 Å². The van der Waals surface area contributed by atoms with Crippen molar-refractivity contribution in [3.8, 4) is 10.6 Å². The molecule has 5 heterocycles. The Morgan fingerprint density at radius 3 is 2.00 bits per heavy atom. The third-order valence-electron chi connectivity index (χ3n) is 13.4. The number of amides is 6. The first-order chi connectivity index (χ1) is 38.0. The molecule has 3 fully saturated rings. The topological polar surface area (TPSA) is 238 Å². The van der Waals surface area contributed by atoms with E-state index in [0.29, 0.717) is 85.5 Å². The molecule has 2 aromatic heterocycles. The second-order valence-corrected chi connectivity index (χ2v) is 20.6. The van der Waals surface area contributed by atoms with Crippen molar-refractivity contribution in [3.05, 3.63) is 71.9 Å². The molecule has 428 valence electrons. The highest BCUT2D eigenvalue weighted by molar-refractivity contribution is 7.21. The van der Waals surface area contributed by atoms with Crippen molar-refractivity contribution < 1.29 is 42.9 Å². The fourth-order valence-electron chi connectivity index (χ4n) is 9.12. The molecule has 1 unspecified atom stereocenters. The predicted molar refractivity (Wildman–Crippen MR) is 304 cm³/mol. The summed E-state index contributed by atoms with van der Waals surface area (Å²) in [6.07, 6.45) is 6.53. The Morgan fingerprint density at radius 2 is 1.35 bits per heavy atom.